The number of H-pyrrole nitrogens is 1. The number of fused-ring (bicyclic) bond motifs is 3. The number of halogens is 1. The minimum atomic E-state index is -0.509. The third-order valence-electron chi connectivity index (χ3n) is 6.28. The SMILES string of the molecule is COc1ccc(-c2cc(C(N)=O)c3[nH]c4cc(C(=O)N5CCOCC5)ccc4c3c2)cc1CI. The Kier molecular flexibility index (Phi) is 6.18. The summed E-state index contributed by atoms with van der Waals surface area (Å²) in [4.78, 5) is 30.5. The van der Waals surface area contributed by atoms with E-state index in [1.54, 1.807) is 12.0 Å². The van der Waals surface area contributed by atoms with Gasteiger partial charge in [0.25, 0.3) is 11.8 Å². The van der Waals surface area contributed by atoms with E-state index in [9.17, 15) is 9.59 Å². The van der Waals surface area contributed by atoms with E-state index >= 15 is 0 Å². The molecular formula is C26H24IN3O4. The summed E-state index contributed by atoms with van der Waals surface area (Å²) in [5.74, 6) is 0.300. The Balaban J connectivity index is 1.64. The van der Waals surface area contributed by atoms with Crippen LogP contribution in [-0.2, 0) is 9.16 Å². The second kappa shape index (κ2) is 9.27. The molecule has 1 aliphatic heterocycles. The van der Waals surface area contributed by atoms with E-state index in [4.69, 9.17) is 15.2 Å². The summed E-state index contributed by atoms with van der Waals surface area (Å²) >= 11 is 2.31. The lowest BCUT2D eigenvalue weighted by atomic mass is 9.97. The molecule has 0 aliphatic carbocycles. The molecule has 34 heavy (non-hydrogen) atoms. The van der Waals surface area contributed by atoms with Crippen molar-refractivity contribution in [2.24, 2.45) is 5.73 Å². The first-order valence-corrected chi connectivity index (χ1v) is 12.5. The number of amides is 2. The van der Waals surface area contributed by atoms with E-state index in [1.165, 1.54) is 0 Å². The molecule has 4 aromatic rings. The van der Waals surface area contributed by atoms with Gasteiger partial charge < -0.3 is 25.1 Å². The lowest BCUT2D eigenvalue weighted by molar-refractivity contribution is 0.0303. The van der Waals surface area contributed by atoms with Gasteiger partial charge in [0.05, 0.1) is 31.4 Å². The number of aromatic amines is 1. The van der Waals surface area contributed by atoms with Crippen LogP contribution in [0.5, 0.6) is 5.75 Å². The van der Waals surface area contributed by atoms with Gasteiger partial charge in [0.15, 0.2) is 0 Å². The highest BCUT2D eigenvalue weighted by atomic mass is 127. The van der Waals surface area contributed by atoms with Gasteiger partial charge in [0.2, 0.25) is 0 Å². The van der Waals surface area contributed by atoms with Gasteiger partial charge in [-0.25, -0.2) is 0 Å². The molecule has 2 amide bonds. The third kappa shape index (κ3) is 4.01. The fourth-order valence-electron chi connectivity index (χ4n) is 4.51. The van der Waals surface area contributed by atoms with Crippen LogP contribution < -0.4 is 10.5 Å². The summed E-state index contributed by atoms with van der Waals surface area (Å²) < 4.78 is 11.6. The molecule has 1 saturated heterocycles. The van der Waals surface area contributed by atoms with Crippen molar-refractivity contribution >= 4 is 56.2 Å². The molecule has 3 aromatic carbocycles. The molecule has 0 atom stereocenters. The van der Waals surface area contributed by atoms with Gasteiger partial charge in [-0.3, -0.25) is 9.59 Å². The summed E-state index contributed by atoms with van der Waals surface area (Å²) in [6.45, 7) is 2.27. The van der Waals surface area contributed by atoms with Crippen molar-refractivity contribution in [2.45, 2.75) is 4.43 Å². The van der Waals surface area contributed by atoms with Gasteiger partial charge in [0, 0.05) is 44.9 Å². The maximum Gasteiger partial charge on any atom is 0.254 e. The first-order valence-electron chi connectivity index (χ1n) is 11.0. The number of primary amides is 1. The molecule has 174 valence electrons. The average molecular weight is 569 g/mol. The number of hydrogen-bond donors (Lipinski definition) is 2. The minimum absolute atomic E-state index is 0.0239. The van der Waals surface area contributed by atoms with Gasteiger partial charge in [0.1, 0.15) is 5.75 Å². The number of aromatic nitrogens is 1. The van der Waals surface area contributed by atoms with Gasteiger partial charge in [-0.05, 0) is 47.5 Å². The summed E-state index contributed by atoms with van der Waals surface area (Å²) in [5, 5.41) is 1.82. The summed E-state index contributed by atoms with van der Waals surface area (Å²) in [6.07, 6.45) is 0. The normalized spacial score (nSPS) is 14.0. The van der Waals surface area contributed by atoms with E-state index < -0.39 is 5.91 Å². The van der Waals surface area contributed by atoms with Crippen LogP contribution in [0.25, 0.3) is 32.9 Å². The number of methoxy groups -OCH3 is 1. The molecule has 1 aliphatic rings. The molecule has 1 aromatic heterocycles. The van der Waals surface area contributed by atoms with Crippen molar-refractivity contribution in [3.8, 4) is 16.9 Å². The van der Waals surface area contributed by atoms with Crippen LogP contribution in [0.3, 0.4) is 0 Å². The Morgan fingerprint density at radius 3 is 2.56 bits per heavy atom. The predicted octanol–water partition coefficient (Wildman–Crippen LogP) is 4.50. The van der Waals surface area contributed by atoms with Crippen LogP contribution in [0.2, 0.25) is 0 Å². The van der Waals surface area contributed by atoms with E-state index in [2.05, 4.69) is 39.7 Å². The van der Waals surface area contributed by atoms with E-state index in [0.29, 0.717) is 42.9 Å². The Hall–Kier alpha value is -3.11. The Labute approximate surface area is 210 Å². The van der Waals surface area contributed by atoms with Crippen LogP contribution in [0, 0.1) is 0 Å². The summed E-state index contributed by atoms with van der Waals surface area (Å²) in [5.41, 5.74) is 11.2. The zero-order valence-electron chi connectivity index (χ0n) is 18.7. The largest absolute Gasteiger partial charge is 0.496 e. The van der Waals surface area contributed by atoms with E-state index in [-0.39, 0.29) is 5.91 Å². The molecule has 2 heterocycles. The number of benzene rings is 3. The molecular weight excluding hydrogens is 545 g/mol. The molecule has 0 unspecified atom stereocenters. The van der Waals surface area contributed by atoms with E-state index in [1.807, 2.05) is 36.4 Å². The fourth-order valence-corrected chi connectivity index (χ4v) is 5.11. The molecule has 0 radical (unpaired) electrons. The molecule has 7 nitrogen and oxygen atoms in total. The van der Waals surface area contributed by atoms with Crippen LogP contribution in [0.15, 0.2) is 48.5 Å². The monoisotopic (exact) mass is 569 g/mol. The Morgan fingerprint density at radius 2 is 1.85 bits per heavy atom. The molecule has 0 bridgehead atoms. The van der Waals surface area contributed by atoms with Gasteiger partial charge >= 0.3 is 0 Å². The average Bonchev–Trinajstić information content (AvgIpc) is 3.25. The maximum atomic E-state index is 13.0. The van der Waals surface area contributed by atoms with Crippen molar-refractivity contribution in [3.05, 3.63) is 65.2 Å². The highest BCUT2D eigenvalue weighted by molar-refractivity contribution is 14.1. The smallest absolute Gasteiger partial charge is 0.254 e. The zero-order chi connectivity index (χ0) is 23.8. The number of morpholine rings is 1. The fraction of sp³-hybridized carbons (Fsp3) is 0.231. The number of carbonyl (C=O) groups is 2. The van der Waals surface area contributed by atoms with Gasteiger partial charge in [-0.15, -0.1) is 0 Å². The summed E-state index contributed by atoms with van der Waals surface area (Å²) in [6, 6.07) is 15.5. The van der Waals surface area contributed by atoms with Crippen molar-refractivity contribution < 1.29 is 19.1 Å². The van der Waals surface area contributed by atoms with Gasteiger partial charge in [-0.2, -0.15) is 0 Å². The number of rotatable bonds is 5. The number of hydrogen-bond acceptors (Lipinski definition) is 4. The second-order valence-corrected chi connectivity index (χ2v) is 9.02. The van der Waals surface area contributed by atoms with Crippen molar-refractivity contribution in [2.75, 3.05) is 33.4 Å². The number of alkyl halides is 1. The molecule has 0 saturated carbocycles. The van der Waals surface area contributed by atoms with Gasteiger partial charge in [-0.1, -0.05) is 34.7 Å². The second-order valence-electron chi connectivity index (χ2n) is 8.26. The molecule has 1 fully saturated rings. The Bertz CT molecular complexity index is 1420. The number of nitrogens with two attached hydrogens (primary N) is 1. The number of ether oxygens (including phenoxy) is 2. The zero-order valence-corrected chi connectivity index (χ0v) is 20.8. The highest BCUT2D eigenvalue weighted by Gasteiger charge is 2.20. The van der Waals surface area contributed by atoms with Crippen LogP contribution >= 0.6 is 22.6 Å². The highest BCUT2D eigenvalue weighted by Crippen LogP contribution is 2.35. The van der Waals surface area contributed by atoms with E-state index in [0.717, 1.165) is 43.2 Å². The number of nitrogens with one attached hydrogen (secondary N) is 1. The van der Waals surface area contributed by atoms with Crippen molar-refractivity contribution in [1.29, 1.82) is 0 Å². The first-order chi connectivity index (χ1) is 16.5. The number of nitrogens with zero attached hydrogens (tertiary/aromatic N) is 1. The van der Waals surface area contributed by atoms with Crippen molar-refractivity contribution in [3.63, 3.8) is 0 Å². The number of carbonyl (C=O) groups excluding carboxylic acids is 2. The van der Waals surface area contributed by atoms with Crippen LogP contribution in [0.1, 0.15) is 26.3 Å². The van der Waals surface area contributed by atoms with Crippen LogP contribution in [-0.4, -0.2) is 55.1 Å². The topological polar surface area (TPSA) is 97.7 Å². The molecule has 3 N–H and O–H groups in total. The maximum absolute atomic E-state index is 13.0. The first kappa shape index (κ1) is 22.7. The molecule has 5 rings (SSSR count). The van der Waals surface area contributed by atoms with Crippen LogP contribution in [0.4, 0.5) is 0 Å². The third-order valence-corrected chi connectivity index (χ3v) is 7.10. The molecule has 8 heteroatoms. The lowest BCUT2D eigenvalue weighted by Crippen LogP contribution is -2.40. The Morgan fingerprint density at radius 1 is 1.06 bits per heavy atom. The summed E-state index contributed by atoms with van der Waals surface area (Å²) in [7, 11) is 1.66. The van der Waals surface area contributed by atoms with Crippen molar-refractivity contribution in [1.82, 2.24) is 9.88 Å². The predicted molar refractivity (Wildman–Crippen MR) is 141 cm³/mol. The minimum Gasteiger partial charge on any atom is -0.496 e. The quantitative estimate of drug-likeness (QED) is 0.273. The molecule has 0 spiro atoms. The lowest BCUT2D eigenvalue weighted by Gasteiger charge is -2.26. The standard InChI is InChI=1S/C26H24IN3O4/c1-33-23-5-3-15(10-18(23)14-27)17-11-20-19-4-2-16(26(32)30-6-8-34-9-7-30)13-22(19)29-24(20)21(12-17)25(28)31/h2-5,10-13,29H,6-9,14H2,1H3,(H2,28,31).